The van der Waals surface area contributed by atoms with Gasteiger partial charge in [-0.15, -0.1) is 11.3 Å². The van der Waals surface area contributed by atoms with Gasteiger partial charge in [-0.05, 0) is 30.0 Å². The third kappa shape index (κ3) is 4.27. The summed E-state index contributed by atoms with van der Waals surface area (Å²) in [5, 5.41) is 5.84. The molecule has 0 saturated carbocycles. The monoisotopic (exact) mass is 347 g/mol. The van der Waals surface area contributed by atoms with Crippen molar-refractivity contribution in [2.75, 3.05) is 6.54 Å². The number of carbonyl (C=O) groups excluding carboxylic acids is 1. The van der Waals surface area contributed by atoms with E-state index in [4.69, 9.17) is 4.42 Å². The third-order valence-electron chi connectivity index (χ3n) is 3.24. The number of imidazole rings is 1. The Kier molecular flexibility index (Phi) is 5.19. The average molecular weight is 347 g/mol. The van der Waals surface area contributed by atoms with Crippen LogP contribution in [0.5, 0.6) is 0 Å². The number of hydrogen-bond acceptors (Lipinski definition) is 5. The first-order valence-corrected chi connectivity index (χ1v) is 9.08. The fourth-order valence-corrected chi connectivity index (χ4v) is 3.58. The molecule has 0 aliphatic heterocycles. The molecule has 0 bridgehead atoms. The second-order valence-corrected chi connectivity index (χ2v) is 6.94. The molecular formula is C16H17N3O2S2. The minimum Gasteiger partial charge on any atom is -0.455 e. The van der Waals surface area contributed by atoms with Gasteiger partial charge in [0.05, 0.1) is 5.75 Å². The Morgan fingerprint density at radius 2 is 2.35 bits per heavy atom. The number of carbonyl (C=O) groups is 1. The fourth-order valence-electron chi connectivity index (χ4n) is 2.05. The van der Waals surface area contributed by atoms with Crippen molar-refractivity contribution in [1.82, 2.24) is 14.9 Å². The van der Waals surface area contributed by atoms with E-state index in [0.29, 0.717) is 18.1 Å². The van der Waals surface area contributed by atoms with Crippen LogP contribution in [-0.4, -0.2) is 22.0 Å². The van der Waals surface area contributed by atoms with Gasteiger partial charge in [-0.2, -0.15) is 0 Å². The van der Waals surface area contributed by atoms with Crippen LogP contribution < -0.4 is 5.32 Å². The molecule has 0 unspecified atom stereocenters. The molecule has 0 aromatic carbocycles. The molecule has 23 heavy (non-hydrogen) atoms. The summed E-state index contributed by atoms with van der Waals surface area (Å²) < 4.78 is 7.55. The van der Waals surface area contributed by atoms with Crippen LogP contribution in [0.4, 0.5) is 0 Å². The summed E-state index contributed by atoms with van der Waals surface area (Å²) in [4.78, 5) is 17.6. The maximum atomic E-state index is 12.0. The molecule has 3 aromatic rings. The highest BCUT2D eigenvalue weighted by molar-refractivity contribution is 7.98. The van der Waals surface area contributed by atoms with Crippen molar-refractivity contribution in [2.45, 2.75) is 17.3 Å². The molecule has 0 saturated heterocycles. The van der Waals surface area contributed by atoms with Crippen LogP contribution in [0.1, 0.15) is 21.2 Å². The molecule has 0 aliphatic rings. The van der Waals surface area contributed by atoms with Crippen molar-refractivity contribution >= 4 is 29.0 Å². The lowest BCUT2D eigenvalue weighted by molar-refractivity contribution is 0.0925. The van der Waals surface area contributed by atoms with Crippen LogP contribution in [0, 0.1) is 0 Å². The van der Waals surface area contributed by atoms with Gasteiger partial charge < -0.3 is 14.3 Å². The van der Waals surface area contributed by atoms with Crippen molar-refractivity contribution in [3.05, 3.63) is 58.4 Å². The van der Waals surface area contributed by atoms with E-state index in [-0.39, 0.29) is 5.91 Å². The van der Waals surface area contributed by atoms with Crippen LogP contribution in [0.2, 0.25) is 0 Å². The maximum absolute atomic E-state index is 12.0. The number of amides is 1. The number of hydrogen-bond donors (Lipinski definition) is 1. The van der Waals surface area contributed by atoms with Gasteiger partial charge >= 0.3 is 0 Å². The Balaban J connectivity index is 1.48. The first-order valence-electron chi connectivity index (χ1n) is 7.22. The van der Waals surface area contributed by atoms with E-state index in [1.54, 1.807) is 35.4 Å². The molecule has 0 radical (unpaired) electrons. The second-order valence-electron chi connectivity index (χ2n) is 4.96. The number of thiophene rings is 1. The van der Waals surface area contributed by atoms with Crippen molar-refractivity contribution in [3.8, 4) is 0 Å². The normalized spacial score (nSPS) is 10.8. The zero-order valence-corrected chi connectivity index (χ0v) is 14.3. The fraction of sp³-hybridized carbons (Fsp3) is 0.250. The smallest absolute Gasteiger partial charge is 0.287 e. The first-order chi connectivity index (χ1) is 11.2. The summed E-state index contributed by atoms with van der Waals surface area (Å²) in [5.74, 6) is 1.59. The molecule has 3 heterocycles. The molecule has 0 spiro atoms. The molecule has 7 heteroatoms. The maximum Gasteiger partial charge on any atom is 0.287 e. The van der Waals surface area contributed by atoms with Crippen LogP contribution in [0.25, 0.3) is 0 Å². The molecule has 0 aliphatic carbocycles. The summed E-state index contributed by atoms with van der Waals surface area (Å²) in [6.45, 7) is 0.609. The van der Waals surface area contributed by atoms with Crippen LogP contribution >= 0.6 is 23.1 Å². The summed E-state index contributed by atoms with van der Waals surface area (Å²) in [6, 6.07) is 7.63. The van der Waals surface area contributed by atoms with Crippen molar-refractivity contribution in [3.63, 3.8) is 0 Å². The molecule has 0 atom stereocenters. The predicted molar refractivity (Wildman–Crippen MR) is 91.8 cm³/mol. The minimum atomic E-state index is -0.171. The molecule has 1 amide bonds. The van der Waals surface area contributed by atoms with E-state index in [0.717, 1.165) is 17.3 Å². The lowest BCUT2D eigenvalue weighted by atomic mass is 10.3. The van der Waals surface area contributed by atoms with E-state index >= 15 is 0 Å². The first kappa shape index (κ1) is 15.9. The number of nitrogens with one attached hydrogen (secondary N) is 1. The highest BCUT2D eigenvalue weighted by Crippen LogP contribution is 2.21. The number of aryl methyl sites for hydroxylation is 1. The van der Waals surface area contributed by atoms with Crippen LogP contribution in [-0.2, 0) is 19.2 Å². The predicted octanol–water partition coefficient (Wildman–Crippen LogP) is 3.34. The molecule has 5 nitrogen and oxygen atoms in total. The van der Waals surface area contributed by atoms with Gasteiger partial charge in [0.15, 0.2) is 10.9 Å². The SMILES string of the molecule is Cn1ccnc1SCc1ccc(C(=O)NCCc2cccs2)o1. The molecule has 0 fully saturated rings. The summed E-state index contributed by atoms with van der Waals surface area (Å²) in [6.07, 6.45) is 4.50. The molecular weight excluding hydrogens is 330 g/mol. The second kappa shape index (κ2) is 7.52. The summed E-state index contributed by atoms with van der Waals surface area (Å²) in [7, 11) is 1.95. The number of nitrogens with zero attached hydrogens (tertiary/aromatic N) is 2. The molecule has 3 rings (SSSR count). The van der Waals surface area contributed by atoms with Crippen molar-refractivity contribution < 1.29 is 9.21 Å². The Morgan fingerprint density at radius 1 is 1.43 bits per heavy atom. The number of thioether (sulfide) groups is 1. The van der Waals surface area contributed by atoms with Gasteiger partial charge in [0, 0.05) is 30.9 Å². The Hall–Kier alpha value is -1.99. The summed E-state index contributed by atoms with van der Waals surface area (Å²) >= 11 is 3.27. The van der Waals surface area contributed by atoms with Gasteiger partial charge in [0.1, 0.15) is 5.76 Å². The zero-order chi connectivity index (χ0) is 16.1. The van der Waals surface area contributed by atoms with E-state index < -0.39 is 0 Å². The van der Waals surface area contributed by atoms with E-state index in [1.807, 2.05) is 35.3 Å². The van der Waals surface area contributed by atoms with Crippen molar-refractivity contribution in [1.29, 1.82) is 0 Å². The Labute approximate surface area is 142 Å². The van der Waals surface area contributed by atoms with Gasteiger partial charge in [0.2, 0.25) is 0 Å². The highest BCUT2D eigenvalue weighted by Gasteiger charge is 2.11. The Bertz CT molecular complexity index is 762. The van der Waals surface area contributed by atoms with Gasteiger partial charge in [0.25, 0.3) is 5.91 Å². The molecule has 120 valence electrons. The Morgan fingerprint density at radius 3 is 3.09 bits per heavy atom. The van der Waals surface area contributed by atoms with Crippen LogP contribution in [0.15, 0.2) is 51.6 Å². The average Bonchev–Trinajstić information content (AvgIpc) is 3.27. The van der Waals surface area contributed by atoms with Crippen LogP contribution in [0.3, 0.4) is 0 Å². The molecule has 3 aromatic heterocycles. The topological polar surface area (TPSA) is 60.1 Å². The van der Waals surface area contributed by atoms with E-state index in [2.05, 4.69) is 16.4 Å². The summed E-state index contributed by atoms with van der Waals surface area (Å²) in [5.41, 5.74) is 0. The number of rotatable bonds is 7. The lowest BCUT2D eigenvalue weighted by Crippen LogP contribution is -2.25. The van der Waals surface area contributed by atoms with Crippen molar-refractivity contribution in [2.24, 2.45) is 7.05 Å². The number of aromatic nitrogens is 2. The standard InChI is InChI=1S/C16H17N3O2S2/c1-19-9-8-18-16(19)23-11-12-4-5-14(21-12)15(20)17-7-6-13-3-2-10-22-13/h2-5,8-10H,6-7,11H2,1H3,(H,17,20). The van der Waals surface area contributed by atoms with Gasteiger partial charge in [-0.3, -0.25) is 4.79 Å². The quantitative estimate of drug-likeness (QED) is 0.666. The van der Waals surface area contributed by atoms with E-state index in [1.165, 1.54) is 4.88 Å². The minimum absolute atomic E-state index is 0.171. The lowest BCUT2D eigenvalue weighted by Gasteiger charge is -2.02. The highest BCUT2D eigenvalue weighted by atomic mass is 32.2. The largest absolute Gasteiger partial charge is 0.455 e. The van der Waals surface area contributed by atoms with Gasteiger partial charge in [-0.1, -0.05) is 17.8 Å². The molecule has 1 N–H and O–H groups in total. The van der Waals surface area contributed by atoms with Gasteiger partial charge in [-0.25, -0.2) is 4.98 Å². The zero-order valence-electron chi connectivity index (χ0n) is 12.7. The van der Waals surface area contributed by atoms with E-state index in [9.17, 15) is 4.79 Å². The number of furan rings is 1. The third-order valence-corrected chi connectivity index (χ3v) is 5.26.